The number of benzene rings is 1. The molecule has 1 aromatic rings. The molecule has 1 aromatic carbocycles. The van der Waals surface area contributed by atoms with E-state index in [1.165, 1.54) is 5.56 Å². The van der Waals surface area contributed by atoms with Crippen LogP contribution in [0.2, 0.25) is 0 Å². The Balaban J connectivity index is 3.05. The van der Waals surface area contributed by atoms with Gasteiger partial charge in [0, 0.05) is 4.90 Å². The van der Waals surface area contributed by atoms with Gasteiger partial charge < -0.3 is 5.11 Å². The van der Waals surface area contributed by atoms with Gasteiger partial charge in [-0.1, -0.05) is 19.9 Å². The first-order valence-electron chi connectivity index (χ1n) is 3.63. The van der Waals surface area contributed by atoms with Crippen molar-refractivity contribution in [3.8, 4) is 5.75 Å². The maximum Gasteiger partial charge on any atom is 0.128 e. The highest BCUT2D eigenvalue weighted by Crippen LogP contribution is 2.25. The molecule has 1 rings (SSSR count). The lowest BCUT2D eigenvalue weighted by Crippen LogP contribution is -1.85. The zero-order chi connectivity index (χ0) is 8.43. The molecule has 0 radical (unpaired) electrons. The van der Waals surface area contributed by atoms with Crippen LogP contribution in [0.1, 0.15) is 25.3 Å². The molecular weight excluding hydrogens is 156 g/mol. The van der Waals surface area contributed by atoms with E-state index >= 15 is 0 Å². The van der Waals surface area contributed by atoms with Crippen molar-refractivity contribution in [1.29, 1.82) is 0 Å². The smallest absolute Gasteiger partial charge is 0.128 e. The van der Waals surface area contributed by atoms with Crippen molar-refractivity contribution in [2.75, 3.05) is 0 Å². The Morgan fingerprint density at radius 1 is 1.36 bits per heavy atom. The lowest BCUT2D eigenvalue weighted by molar-refractivity contribution is 0.462. The Morgan fingerprint density at radius 3 is 2.45 bits per heavy atom. The van der Waals surface area contributed by atoms with Gasteiger partial charge in [0.25, 0.3) is 0 Å². The second-order valence-corrected chi connectivity index (χ2v) is 3.38. The summed E-state index contributed by atoms with van der Waals surface area (Å²) in [7, 11) is 0. The molecule has 0 fully saturated rings. The number of phenolic OH excluding ortho intramolecular Hbond substituents is 1. The summed E-state index contributed by atoms with van der Waals surface area (Å²) in [6.07, 6.45) is 0. The van der Waals surface area contributed by atoms with Gasteiger partial charge in [0.15, 0.2) is 0 Å². The van der Waals surface area contributed by atoms with Crippen LogP contribution in [0.3, 0.4) is 0 Å². The summed E-state index contributed by atoms with van der Waals surface area (Å²) in [5.41, 5.74) is 1.20. The highest BCUT2D eigenvalue weighted by Gasteiger charge is 2.01. The third-order valence-corrected chi connectivity index (χ3v) is 2.02. The van der Waals surface area contributed by atoms with Crippen LogP contribution >= 0.6 is 12.6 Å². The molecule has 0 aliphatic heterocycles. The minimum atomic E-state index is 0.248. The number of hydrogen-bond donors (Lipinski definition) is 2. The van der Waals surface area contributed by atoms with Gasteiger partial charge in [-0.25, -0.2) is 0 Å². The predicted octanol–water partition coefficient (Wildman–Crippen LogP) is 2.80. The molecule has 0 atom stereocenters. The van der Waals surface area contributed by atoms with E-state index in [2.05, 4.69) is 26.5 Å². The molecule has 1 nitrogen and oxygen atoms in total. The van der Waals surface area contributed by atoms with Gasteiger partial charge in [-0.05, 0) is 23.6 Å². The Hall–Kier alpha value is -0.630. The summed E-state index contributed by atoms with van der Waals surface area (Å²) < 4.78 is 0. The van der Waals surface area contributed by atoms with Gasteiger partial charge in [0.1, 0.15) is 5.75 Å². The number of thiol groups is 1. The van der Waals surface area contributed by atoms with Crippen LogP contribution in [0.25, 0.3) is 0 Å². The Bertz CT molecular complexity index is 256. The first-order chi connectivity index (χ1) is 5.11. The van der Waals surface area contributed by atoms with Crippen LogP contribution < -0.4 is 0 Å². The van der Waals surface area contributed by atoms with Crippen molar-refractivity contribution in [3.05, 3.63) is 23.8 Å². The molecule has 1 N–H and O–H groups in total. The van der Waals surface area contributed by atoms with Crippen molar-refractivity contribution < 1.29 is 5.11 Å². The van der Waals surface area contributed by atoms with Crippen LogP contribution in [0.15, 0.2) is 23.1 Å². The lowest BCUT2D eigenvalue weighted by atomic mass is 10.0. The molecule has 0 heterocycles. The Morgan fingerprint density at radius 2 is 2.00 bits per heavy atom. The molecule has 0 amide bonds. The van der Waals surface area contributed by atoms with E-state index in [-0.39, 0.29) is 5.75 Å². The van der Waals surface area contributed by atoms with Gasteiger partial charge in [0.05, 0.1) is 0 Å². The topological polar surface area (TPSA) is 20.2 Å². The molecule has 0 spiro atoms. The first-order valence-corrected chi connectivity index (χ1v) is 4.08. The third-order valence-electron chi connectivity index (χ3n) is 1.67. The predicted molar refractivity (Wildman–Crippen MR) is 49.4 cm³/mol. The molecule has 0 aliphatic carbocycles. The van der Waals surface area contributed by atoms with Gasteiger partial charge in [-0.15, -0.1) is 12.6 Å². The second kappa shape index (κ2) is 3.18. The summed E-state index contributed by atoms with van der Waals surface area (Å²) >= 11 is 4.11. The number of rotatable bonds is 1. The molecule has 0 unspecified atom stereocenters. The molecular formula is C9H12OS. The molecule has 0 saturated carbocycles. The molecule has 2 heteroatoms. The fourth-order valence-electron chi connectivity index (χ4n) is 0.900. The van der Waals surface area contributed by atoms with E-state index in [0.29, 0.717) is 10.8 Å². The first kappa shape index (κ1) is 8.47. The quantitative estimate of drug-likeness (QED) is 0.618. The maximum atomic E-state index is 9.15. The van der Waals surface area contributed by atoms with Crippen molar-refractivity contribution in [2.45, 2.75) is 24.7 Å². The minimum absolute atomic E-state index is 0.248. The lowest BCUT2D eigenvalue weighted by Gasteiger charge is -2.06. The van der Waals surface area contributed by atoms with E-state index in [4.69, 9.17) is 5.11 Å². The Labute approximate surface area is 72.5 Å². The third kappa shape index (κ3) is 1.90. The zero-order valence-electron chi connectivity index (χ0n) is 6.70. The molecule has 0 aliphatic rings. The van der Waals surface area contributed by atoms with Crippen molar-refractivity contribution >= 4 is 12.6 Å². The Kier molecular flexibility index (Phi) is 2.45. The average Bonchev–Trinajstić information content (AvgIpc) is 1.94. The monoisotopic (exact) mass is 168 g/mol. The van der Waals surface area contributed by atoms with Crippen LogP contribution in [-0.4, -0.2) is 5.11 Å². The van der Waals surface area contributed by atoms with E-state index < -0.39 is 0 Å². The van der Waals surface area contributed by atoms with Crippen LogP contribution in [0.4, 0.5) is 0 Å². The van der Waals surface area contributed by atoms with E-state index in [9.17, 15) is 0 Å². The fraction of sp³-hybridized carbons (Fsp3) is 0.333. The number of phenols is 1. The number of aromatic hydroxyl groups is 1. The summed E-state index contributed by atoms with van der Waals surface area (Å²) in [6.45, 7) is 4.22. The fourth-order valence-corrected chi connectivity index (χ4v) is 1.12. The van der Waals surface area contributed by atoms with Gasteiger partial charge in [-0.2, -0.15) is 0 Å². The normalized spacial score (nSPS) is 10.5. The van der Waals surface area contributed by atoms with Crippen molar-refractivity contribution in [2.24, 2.45) is 0 Å². The molecule has 11 heavy (non-hydrogen) atoms. The molecule has 60 valence electrons. The minimum Gasteiger partial charge on any atom is -0.507 e. The van der Waals surface area contributed by atoms with E-state index in [0.717, 1.165) is 0 Å². The summed E-state index contributed by atoms with van der Waals surface area (Å²) in [6, 6.07) is 5.49. The summed E-state index contributed by atoms with van der Waals surface area (Å²) in [5, 5.41) is 9.15. The van der Waals surface area contributed by atoms with E-state index in [1.807, 2.05) is 12.1 Å². The zero-order valence-corrected chi connectivity index (χ0v) is 7.60. The highest BCUT2D eigenvalue weighted by molar-refractivity contribution is 7.80. The van der Waals surface area contributed by atoms with E-state index in [1.54, 1.807) is 6.07 Å². The van der Waals surface area contributed by atoms with Crippen molar-refractivity contribution in [3.63, 3.8) is 0 Å². The maximum absolute atomic E-state index is 9.15. The van der Waals surface area contributed by atoms with Gasteiger partial charge in [0.2, 0.25) is 0 Å². The largest absolute Gasteiger partial charge is 0.507 e. The van der Waals surface area contributed by atoms with Gasteiger partial charge >= 0.3 is 0 Å². The molecule has 0 bridgehead atoms. The summed E-state index contributed by atoms with van der Waals surface area (Å²) in [5.74, 6) is 0.735. The molecule has 0 saturated heterocycles. The summed E-state index contributed by atoms with van der Waals surface area (Å²) in [4.78, 5) is 0.649. The van der Waals surface area contributed by atoms with Crippen LogP contribution in [-0.2, 0) is 0 Å². The standard InChI is InChI=1S/C9H12OS/c1-6(2)7-3-4-8(10)9(11)5-7/h3-6,10-11H,1-2H3. The average molecular weight is 168 g/mol. The SMILES string of the molecule is CC(C)c1ccc(O)c(S)c1. The second-order valence-electron chi connectivity index (χ2n) is 2.90. The van der Waals surface area contributed by atoms with Crippen molar-refractivity contribution in [1.82, 2.24) is 0 Å². The van der Waals surface area contributed by atoms with Crippen LogP contribution in [0, 0.1) is 0 Å². The molecule has 0 aromatic heterocycles. The van der Waals surface area contributed by atoms with Gasteiger partial charge in [-0.3, -0.25) is 0 Å². The highest BCUT2D eigenvalue weighted by atomic mass is 32.1. The number of hydrogen-bond acceptors (Lipinski definition) is 2. The van der Waals surface area contributed by atoms with Crippen LogP contribution in [0.5, 0.6) is 5.75 Å².